The van der Waals surface area contributed by atoms with Gasteiger partial charge in [0.1, 0.15) is 6.54 Å². The Morgan fingerprint density at radius 1 is 1.21 bits per heavy atom. The SMILES string of the molecule is COC1CCCC1NC(=O)NCC(=O)NCC(=O)O. The van der Waals surface area contributed by atoms with Gasteiger partial charge in [-0.15, -0.1) is 0 Å². The van der Waals surface area contributed by atoms with Crippen LogP contribution in [0.3, 0.4) is 0 Å². The lowest BCUT2D eigenvalue weighted by Gasteiger charge is -2.19. The zero-order chi connectivity index (χ0) is 14.3. The topological polar surface area (TPSA) is 117 Å². The predicted octanol–water partition coefficient (Wildman–Crippen LogP) is -0.946. The molecule has 0 saturated heterocycles. The molecule has 8 heteroatoms. The fraction of sp³-hybridized carbons (Fsp3) is 0.727. The molecule has 3 amide bonds. The molecular weight excluding hydrogens is 254 g/mol. The zero-order valence-corrected chi connectivity index (χ0v) is 10.8. The number of carbonyl (C=O) groups is 3. The average molecular weight is 273 g/mol. The molecule has 1 aliphatic rings. The van der Waals surface area contributed by atoms with E-state index in [1.807, 2.05) is 0 Å². The van der Waals surface area contributed by atoms with Crippen LogP contribution in [0.1, 0.15) is 19.3 Å². The minimum absolute atomic E-state index is 0.00610. The molecule has 0 spiro atoms. The van der Waals surface area contributed by atoms with Gasteiger partial charge in [0.2, 0.25) is 5.91 Å². The quantitative estimate of drug-likeness (QED) is 0.498. The summed E-state index contributed by atoms with van der Waals surface area (Å²) in [4.78, 5) is 32.9. The first-order chi connectivity index (χ1) is 9.02. The lowest BCUT2D eigenvalue weighted by Crippen LogP contribution is -2.48. The van der Waals surface area contributed by atoms with Gasteiger partial charge < -0.3 is 25.8 Å². The molecule has 0 bridgehead atoms. The van der Waals surface area contributed by atoms with Crippen LogP contribution in [0, 0.1) is 0 Å². The third kappa shape index (κ3) is 5.56. The summed E-state index contributed by atoms with van der Waals surface area (Å²) < 4.78 is 5.23. The van der Waals surface area contributed by atoms with Gasteiger partial charge in [0.05, 0.1) is 18.7 Å². The summed E-state index contributed by atoms with van der Waals surface area (Å²) in [6, 6.07) is -0.508. The van der Waals surface area contributed by atoms with Crippen LogP contribution in [0.25, 0.3) is 0 Å². The van der Waals surface area contributed by atoms with E-state index < -0.39 is 24.5 Å². The molecule has 0 radical (unpaired) electrons. The maximum Gasteiger partial charge on any atom is 0.322 e. The van der Waals surface area contributed by atoms with E-state index >= 15 is 0 Å². The fourth-order valence-electron chi connectivity index (χ4n) is 1.99. The van der Waals surface area contributed by atoms with E-state index in [0.717, 1.165) is 19.3 Å². The Hall–Kier alpha value is -1.83. The Morgan fingerprint density at radius 3 is 2.58 bits per heavy atom. The Labute approximate surface area is 110 Å². The van der Waals surface area contributed by atoms with E-state index in [4.69, 9.17) is 9.84 Å². The van der Waals surface area contributed by atoms with Crippen molar-refractivity contribution in [3.63, 3.8) is 0 Å². The molecule has 1 fully saturated rings. The molecule has 108 valence electrons. The van der Waals surface area contributed by atoms with Crippen LogP contribution in [0.4, 0.5) is 4.79 Å². The summed E-state index contributed by atoms with van der Waals surface area (Å²) >= 11 is 0. The minimum Gasteiger partial charge on any atom is -0.480 e. The van der Waals surface area contributed by atoms with Gasteiger partial charge in [-0.05, 0) is 19.3 Å². The summed E-state index contributed by atoms with van der Waals surface area (Å²) in [6.45, 7) is -0.722. The highest BCUT2D eigenvalue weighted by Crippen LogP contribution is 2.21. The normalized spacial score (nSPS) is 21.7. The van der Waals surface area contributed by atoms with Gasteiger partial charge in [-0.3, -0.25) is 9.59 Å². The zero-order valence-electron chi connectivity index (χ0n) is 10.8. The number of carboxylic acid groups (broad SMARTS) is 1. The molecular formula is C11H19N3O5. The lowest BCUT2D eigenvalue weighted by molar-refractivity contribution is -0.137. The Bertz CT molecular complexity index is 347. The van der Waals surface area contributed by atoms with E-state index in [1.54, 1.807) is 7.11 Å². The largest absolute Gasteiger partial charge is 0.480 e. The smallest absolute Gasteiger partial charge is 0.322 e. The predicted molar refractivity (Wildman–Crippen MR) is 65.6 cm³/mol. The molecule has 0 aromatic heterocycles. The highest BCUT2D eigenvalue weighted by Gasteiger charge is 2.28. The van der Waals surface area contributed by atoms with Crippen molar-refractivity contribution in [2.75, 3.05) is 20.2 Å². The van der Waals surface area contributed by atoms with Gasteiger partial charge in [0.25, 0.3) is 0 Å². The van der Waals surface area contributed by atoms with Crippen LogP contribution in [0.15, 0.2) is 0 Å². The molecule has 0 aromatic rings. The van der Waals surface area contributed by atoms with Crippen LogP contribution < -0.4 is 16.0 Å². The van der Waals surface area contributed by atoms with Crippen molar-refractivity contribution in [3.8, 4) is 0 Å². The van der Waals surface area contributed by atoms with Crippen LogP contribution in [-0.2, 0) is 14.3 Å². The van der Waals surface area contributed by atoms with Crippen molar-refractivity contribution in [2.24, 2.45) is 0 Å². The summed E-state index contributed by atoms with van der Waals surface area (Å²) in [5, 5.41) is 15.6. The molecule has 2 unspecified atom stereocenters. The van der Waals surface area contributed by atoms with E-state index in [2.05, 4.69) is 16.0 Å². The summed E-state index contributed by atoms with van der Waals surface area (Å²) in [7, 11) is 1.60. The van der Waals surface area contributed by atoms with Gasteiger partial charge in [0, 0.05) is 7.11 Å². The monoisotopic (exact) mass is 273 g/mol. The van der Waals surface area contributed by atoms with Crippen molar-refractivity contribution < 1.29 is 24.2 Å². The number of carboxylic acids is 1. The first-order valence-electron chi connectivity index (χ1n) is 6.08. The molecule has 1 saturated carbocycles. The number of carbonyl (C=O) groups excluding carboxylic acids is 2. The van der Waals surface area contributed by atoms with Crippen molar-refractivity contribution in [3.05, 3.63) is 0 Å². The molecule has 0 aliphatic heterocycles. The average Bonchev–Trinajstić information content (AvgIpc) is 2.81. The number of amides is 3. The summed E-state index contributed by atoms with van der Waals surface area (Å²) in [6.07, 6.45) is 2.74. The van der Waals surface area contributed by atoms with Crippen molar-refractivity contribution in [1.29, 1.82) is 0 Å². The van der Waals surface area contributed by atoms with Crippen molar-refractivity contribution >= 4 is 17.9 Å². The highest BCUT2D eigenvalue weighted by atomic mass is 16.5. The Kier molecular flexibility index (Phi) is 6.07. The second-order valence-corrected chi connectivity index (χ2v) is 4.31. The van der Waals surface area contributed by atoms with Gasteiger partial charge in [0.15, 0.2) is 0 Å². The Morgan fingerprint density at radius 2 is 1.95 bits per heavy atom. The number of hydrogen-bond donors (Lipinski definition) is 4. The van der Waals surface area contributed by atoms with Gasteiger partial charge >= 0.3 is 12.0 Å². The minimum atomic E-state index is -1.13. The Balaban J connectivity index is 2.20. The number of ether oxygens (including phenoxy) is 1. The number of methoxy groups -OCH3 is 1. The van der Waals surface area contributed by atoms with Crippen LogP contribution in [0.5, 0.6) is 0 Å². The number of rotatable bonds is 6. The second kappa shape index (κ2) is 7.57. The number of aliphatic carboxylic acids is 1. The number of hydrogen-bond acceptors (Lipinski definition) is 4. The first-order valence-corrected chi connectivity index (χ1v) is 6.08. The van der Waals surface area contributed by atoms with E-state index in [0.29, 0.717) is 0 Å². The number of urea groups is 1. The summed E-state index contributed by atoms with van der Waals surface area (Å²) in [5.74, 6) is -1.68. The fourth-order valence-corrected chi connectivity index (χ4v) is 1.99. The molecule has 0 aromatic carbocycles. The van der Waals surface area contributed by atoms with E-state index in [9.17, 15) is 14.4 Å². The summed E-state index contributed by atoms with van der Waals surface area (Å²) in [5.41, 5.74) is 0. The van der Waals surface area contributed by atoms with Gasteiger partial charge in [-0.2, -0.15) is 0 Å². The van der Waals surface area contributed by atoms with Crippen LogP contribution in [-0.4, -0.2) is 55.4 Å². The molecule has 0 heterocycles. The maximum atomic E-state index is 11.5. The van der Waals surface area contributed by atoms with E-state index in [-0.39, 0.29) is 18.7 Å². The standard InChI is InChI=1S/C11H19N3O5/c1-19-8-4-2-3-7(8)14-11(18)13-5-9(15)12-6-10(16)17/h7-8H,2-6H2,1H3,(H,12,15)(H,16,17)(H2,13,14,18). The maximum absolute atomic E-state index is 11.5. The highest BCUT2D eigenvalue weighted by molar-refractivity contribution is 5.86. The molecule has 4 N–H and O–H groups in total. The third-order valence-electron chi connectivity index (χ3n) is 2.92. The van der Waals surface area contributed by atoms with Gasteiger partial charge in [-0.1, -0.05) is 0 Å². The molecule has 1 rings (SSSR count). The van der Waals surface area contributed by atoms with Crippen LogP contribution in [0.2, 0.25) is 0 Å². The van der Waals surface area contributed by atoms with Crippen molar-refractivity contribution in [1.82, 2.24) is 16.0 Å². The third-order valence-corrected chi connectivity index (χ3v) is 2.92. The van der Waals surface area contributed by atoms with Gasteiger partial charge in [-0.25, -0.2) is 4.79 Å². The number of nitrogens with one attached hydrogen (secondary N) is 3. The second-order valence-electron chi connectivity index (χ2n) is 4.31. The van der Waals surface area contributed by atoms with Crippen LogP contribution >= 0.6 is 0 Å². The van der Waals surface area contributed by atoms with E-state index in [1.165, 1.54) is 0 Å². The molecule has 2 atom stereocenters. The first kappa shape index (κ1) is 15.2. The lowest BCUT2D eigenvalue weighted by atomic mass is 10.2. The molecule has 8 nitrogen and oxygen atoms in total. The van der Waals surface area contributed by atoms with Crippen molar-refractivity contribution in [2.45, 2.75) is 31.4 Å². The molecule has 1 aliphatic carbocycles. The molecule has 19 heavy (non-hydrogen) atoms.